The standard InChI is InChI=1S/C27H44O4/c1-2-3-4-5-6-7-8-9-10-11-12-13-14-15-16-17-22-31-27(30)21-19-24-18-20-25(28)26(29)23-24/h18-21,23,28-29H,2-17,22H2,1H3. The fourth-order valence-electron chi connectivity index (χ4n) is 3.68. The second-order valence-corrected chi connectivity index (χ2v) is 8.55. The summed E-state index contributed by atoms with van der Waals surface area (Å²) in [5.41, 5.74) is 0.634. The topological polar surface area (TPSA) is 66.8 Å². The van der Waals surface area contributed by atoms with E-state index in [-0.39, 0.29) is 17.5 Å². The molecule has 4 nitrogen and oxygen atoms in total. The Labute approximate surface area is 189 Å². The summed E-state index contributed by atoms with van der Waals surface area (Å²) in [6, 6.07) is 4.40. The Bertz CT molecular complexity index is 609. The van der Waals surface area contributed by atoms with Crippen LogP contribution in [0, 0.1) is 0 Å². The summed E-state index contributed by atoms with van der Waals surface area (Å²) in [4.78, 5) is 11.7. The number of aromatic hydroxyl groups is 2. The maximum absolute atomic E-state index is 11.7. The monoisotopic (exact) mass is 432 g/mol. The number of carbonyl (C=O) groups is 1. The molecule has 1 rings (SSSR count). The molecule has 0 amide bonds. The van der Waals surface area contributed by atoms with E-state index < -0.39 is 0 Å². The van der Waals surface area contributed by atoms with Crippen LogP contribution in [0.2, 0.25) is 0 Å². The highest BCUT2D eigenvalue weighted by Gasteiger charge is 2.01. The van der Waals surface area contributed by atoms with Gasteiger partial charge in [0.1, 0.15) is 0 Å². The predicted molar refractivity (Wildman–Crippen MR) is 129 cm³/mol. The molecule has 176 valence electrons. The highest BCUT2D eigenvalue weighted by atomic mass is 16.5. The molecular formula is C27H44O4. The van der Waals surface area contributed by atoms with Crippen molar-refractivity contribution < 1.29 is 19.7 Å². The lowest BCUT2D eigenvalue weighted by molar-refractivity contribution is -0.137. The quantitative estimate of drug-likeness (QED) is 0.101. The molecular weight excluding hydrogens is 388 g/mol. The van der Waals surface area contributed by atoms with E-state index in [1.54, 1.807) is 12.1 Å². The zero-order valence-corrected chi connectivity index (χ0v) is 19.6. The summed E-state index contributed by atoms with van der Waals surface area (Å²) >= 11 is 0. The Morgan fingerprint density at radius 3 is 1.71 bits per heavy atom. The minimum Gasteiger partial charge on any atom is -0.504 e. The van der Waals surface area contributed by atoms with Crippen molar-refractivity contribution in [2.45, 2.75) is 110 Å². The first kappa shape index (κ1) is 27.1. The van der Waals surface area contributed by atoms with Crippen LogP contribution in [0.4, 0.5) is 0 Å². The van der Waals surface area contributed by atoms with E-state index in [1.807, 2.05) is 0 Å². The minimum absolute atomic E-state index is 0.178. The SMILES string of the molecule is CCCCCCCCCCCCCCCCCCOC(=O)C=Cc1ccc(O)c(O)c1. The molecule has 0 atom stereocenters. The lowest BCUT2D eigenvalue weighted by Crippen LogP contribution is -2.02. The summed E-state index contributed by atoms with van der Waals surface area (Å²) in [5.74, 6) is -0.763. The zero-order valence-electron chi connectivity index (χ0n) is 19.6. The highest BCUT2D eigenvalue weighted by Crippen LogP contribution is 2.25. The second kappa shape index (κ2) is 18.8. The van der Waals surface area contributed by atoms with Crippen LogP contribution in [0.15, 0.2) is 24.3 Å². The first-order valence-electron chi connectivity index (χ1n) is 12.5. The predicted octanol–water partition coefficient (Wildman–Crippen LogP) is 7.92. The van der Waals surface area contributed by atoms with Crippen LogP contribution in [0.5, 0.6) is 11.5 Å². The number of phenolic OH excluding ortho intramolecular Hbond substituents is 2. The van der Waals surface area contributed by atoms with Gasteiger partial charge in [-0.2, -0.15) is 0 Å². The van der Waals surface area contributed by atoms with E-state index in [1.165, 1.54) is 108 Å². The molecule has 0 aliphatic carbocycles. The van der Waals surface area contributed by atoms with E-state index >= 15 is 0 Å². The van der Waals surface area contributed by atoms with E-state index in [9.17, 15) is 15.0 Å². The number of carbonyl (C=O) groups excluding carboxylic acids is 1. The molecule has 0 bridgehead atoms. The van der Waals surface area contributed by atoms with Crippen LogP contribution in [0.3, 0.4) is 0 Å². The molecule has 0 aliphatic rings. The Hall–Kier alpha value is -1.97. The molecule has 0 fully saturated rings. The summed E-state index contributed by atoms with van der Waals surface area (Å²) in [7, 11) is 0. The van der Waals surface area contributed by atoms with Crippen LogP contribution >= 0.6 is 0 Å². The normalized spacial score (nSPS) is 11.3. The summed E-state index contributed by atoms with van der Waals surface area (Å²) in [5, 5.41) is 18.7. The van der Waals surface area contributed by atoms with E-state index in [0.717, 1.165) is 12.8 Å². The van der Waals surface area contributed by atoms with Gasteiger partial charge in [0.05, 0.1) is 6.61 Å². The first-order chi connectivity index (χ1) is 15.1. The van der Waals surface area contributed by atoms with Gasteiger partial charge in [0.2, 0.25) is 0 Å². The molecule has 0 aromatic heterocycles. The Balaban J connectivity index is 1.85. The van der Waals surface area contributed by atoms with E-state index in [4.69, 9.17) is 4.74 Å². The average molecular weight is 433 g/mol. The Morgan fingerprint density at radius 2 is 1.23 bits per heavy atom. The molecule has 0 saturated heterocycles. The molecule has 1 aromatic rings. The molecule has 2 N–H and O–H groups in total. The number of rotatable bonds is 19. The number of hydrogen-bond acceptors (Lipinski definition) is 4. The molecule has 0 heterocycles. The van der Waals surface area contributed by atoms with Gasteiger partial charge in [-0.3, -0.25) is 0 Å². The van der Waals surface area contributed by atoms with Gasteiger partial charge in [-0.1, -0.05) is 109 Å². The van der Waals surface area contributed by atoms with Gasteiger partial charge in [0, 0.05) is 6.08 Å². The minimum atomic E-state index is -0.381. The van der Waals surface area contributed by atoms with Crippen LogP contribution in [0.1, 0.15) is 115 Å². The van der Waals surface area contributed by atoms with E-state index in [2.05, 4.69) is 6.92 Å². The van der Waals surface area contributed by atoms with Crippen LogP contribution in [0.25, 0.3) is 6.08 Å². The first-order valence-corrected chi connectivity index (χ1v) is 12.5. The van der Waals surface area contributed by atoms with Crippen molar-refractivity contribution in [3.63, 3.8) is 0 Å². The third kappa shape index (κ3) is 15.5. The molecule has 4 heteroatoms. The number of benzene rings is 1. The number of esters is 1. The van der Waals surface area contributed by atoms with Gasteiger partial charge in [0.15, 0.2) is 11.5 Å². The fraction of sp³-hybridized carbons (Fsp3) is 0.667. The van der Waals surface area contributed by atoms with Gasteiger partial charge in [-0.05, 0) is 30.2 Å². The van der Waals surface area contributed by atoms with Gasteiger partial charge in [0.25, 0.3) is 0 Å². The van der Waals surface area contributed by atoms with Crippen molar-refractivity contribution >= 4 is 12.0 Å². The summed E-state index contributed by atoms with van der Waals surface area (Å²) in [6.07, 6.45) is 24.1. The van der Waals surface area contributed by atoms with E-state index in [0.29, 0.717) is 12.2 Å². The van der Waals surface area contributed by atoms with Gasteiger partial charge < -0.3 is 14.9 Å². The van der Waals surface area contributed by atoms with Gasteiger partial charge in [-0.25, -0.2) is 4.79 Å². The lowest BCUT2D eigenvalue weighted by atomic mass is 10.0. The lowest BCUT2D eigenvalue weighted by Gasteiger charge is -2.04. The molecule has 0 saturated carbocycles. The molecule has 0 radical (unpaired) electrons. The maximum atomic E-state index is 11.7. The van der Waals surface area contributed by atoms with Crippen LogP contribution < -0.4 is 0 Å². The van der Waals surface area contributed by atoms with Crippen LogP contribution in [-0.4, -0.2) is 22.8 Å². The van der Waals surface area contributed by atoms with Crippen molar-refractivity contribution in [2.75, 3.05) is 6.61 Å². The highest BCUT2D eigenvalue weighted by molar-refractivity contribution is 5.87. The smallest absolute Gasteiger partial charge is 0.330 e. The van der Waals surface area contributed by atoms with Gasteiger partial charge >= 0.3 is 5.97 Å². The number of unbranched alkanes of at least 4 members (excludes halogenated alkanes) is 15. The van der Waals surface area contributed by atoms with Crippen molar-refractivity contribution in [1.29, 1.82) is 0 Å². The van der Waals surface area contributed by atoms with Gasteiger partial charge in [-0.15, -0.1) is 0 Å². The third-order valence-electron chi connectivity index (χ3n) is 5.65. The van der Waals surface area contributed by atoms with Crippen LogP contribution in [-0.2, 0) is 9.53 Å². The Morgan fingerprint density at radius 1 is 0.742 bits per heavy atom. The second-order valence-electron chi connectivity index (χ2n) is 8.55. The zero-order chi connectivity index (χ0) is 22.6. The molecule has 0 spiro atoms. The van der Waals surface area contributed by atoms with Crippen molar-refractivity contribution in [3.8, 4) is 11.5 Å². The number of ether oxygens (including phenoxy) is 1. The number of phenols is 2. The fourth-order valence-corrected chi connectivity index (χ4v) is 3.68. The molecule has 31 heavy (non-hydrogen) atoms. The largest absolute Gasteiger partial charge is 0.504 e. The van der Waals surface area contributed by atoms with Crippen molar-refractivity contribution in [2.24, 2.45) is 0 Å². The van der Waals surface area contributed by atoms with Crippen molar-refractivity contribution in [3.05, 3.63) is 29.8 Å². The molecule has 0 unspecified atom stereocenters. The molecule has 1 aromatic carbocycles. The summed E-state index contributed by atoms with van der Waals surface area (Å²) < 4.78 is 5.20. The molecule has 0 aliphatic heterocycles. The Kier molecular flexibility index (Phi) is 16.4. The average Bonchev–Trinajstić information content (AvgIpc) is 2.76. The third-order valence-corrected chi connectivity index (χ3v) is 5.65. The maximum Gasteiger partial charge on any atom is 0.330 e. The summed E-state index contributed by atoms with van der Waals surface area (Å²) in [6.45, 7) is 2.72. The van der Waals surface area contributed by atoms with Crippen molar-refractivity contribution in [1.82, 2.24) is 0 Å². The number of hydrogen-bond donors (Lipinski definition) is 2.